The van der Waals surface area contributed by atoms with Crippen LogP contribution in [0, 0.1) is 5.92 Å². The smallest absolute Gasteiger partial charge is 0.225 e. The average Bonchev–Trinajstić information content (AvgIpc) is 2.89. The molecule has 1 aliphatic carbocycles. The van der Waals surface area contributed by atoms with Gasteiger partial charge in [0.05, 0.1) is 5.52 Å². The van der Waals surface area contributed by atoms with Gasteiger partial charge in [0.25, 0.3) is 0 Å². The van der Waals surface area contributed by atoms with E-state index >= 15 is 0 Å². The molecule has 1 saturated carbocycles. The highest BCUT2D eigenvalue weighted by atomic mass is 16.5. The third-order valence-electron chi connectivity index (χ3n) is 6.89. The first-order valence-corrected chi connectivity index (χ1v) is 12.7. The molecule has 0 atom stereocenters. The Kier molecular flexibility index (Phi) is 7.28. The van der Waals surface area contributed by atoms with Crippen molar-refractivity contribution < 1.29 is 4.74 Å². The molecule has 182 valence electrons. The molecular formula is C29H35N5O. The van der Waals surface area contributed by atoms with E-state index in [2.05, 4.69) is 70.1 Å². The number of hydrogen-bond acceptors (Lipinski definition) is 6. The first-order chi connectivity index (χ1) is 17.2. The van der Waals surface area contributed by atoms with Gasteiger partial charge in [-0.3, -0.25) is 0 Å². The Morgan fingerprint density at radius 3 is 2.49 bits per heavy atom. The van der Waals surface area contributed by atoms with Gasteiger partial charge in [-0.2, -0.15) is 4.98 Å². The summed E-state index contributed by atoms with van der Waals surface area (Å²) in [6, 6.07) is 23.3. The molecular weight excluding hydrogens is 434 g/mol. The van der Waals surface area contributed by atoms with Gasteiger partial charge in [-0.1, -0.05) is 42.5 Å². The van der Waals surface area contributed by atoms with Crippen LogP contribution in [0.25, 0.3) is 21.7 Å². The number of para-hydroxylation sites is 1. The monoisotopic (exact) mass is 469 g/mol. The van der Waals surface area contributed by atoms with Crippen molar-refractivity contribution in [1.29, 1.82) is 0 Å². The summed E-state index contributed by atoms with van der Waals surface area (Å²) in [6.07, 6.45) is 4.72. The van der Waals surface area contributed by atoms with Crippen LogP contribution in [0.2, 0.25) is 0 Å². The predicted molar refractivity (Wildman–Crippen MR) is 146 cm³/mol. The maximum Gasteiger partial charge on any atom is 0.225 e. The van der Waals surface area contributed by atoms with Crippen LogP contribution in [0.3, 0.4) is 0 Å². The zero-order valence-corrected chi connectivity index (χ0v) is 20.7. The summed E-state index contributed by atoms with van der Waals surface area (Å²) in [4.78, 5) is 11.6. The second-order valence-electron chi connectivity index (χ2n) is 9.71. The highest BCUT2D eigenvalue weighted by Gasteiger charge is 2.22. The summed E-state index contributed by atoms with van der Waals surface area (Å²) >= 11 is 0. The van der Waals surface area contributed by atoms with E-state index in [1.54, 1.807) is 0 Å². The summed E-state index contributed by atoms with van der Waals surface area (Å²) in [7, 11) is 4.06. The van der Waals surface area contributed by atoms with Gasteiger partial charge in [-0.05, 0) is 73.2 Å². The van der Waals surface area contributed by atoms with E-state index < -0.39 is 0 Å². The van der Waals surface area contributed by atoms with Crippen molar-refractivity contribution in [3.05, 3.63) is 66.7 Å². The molecule has 0 radical (unpaired) electrons. The van der Waals surface area contributed by atoms with Crippen LogP contribution >= 0.6 is 0 Å². The molecule has 5 rings (SSSR count). The highest BCUT2D eigenvalue weighted by Crippen LogP contribution is 2.28. The van der Waals surface area contributed by atoms with Crippen LogP contribution < -0.4 is 20.3 Å². The molecule has 0 spiro atoms. The number of nitrogens with one attached hydrogen (secondary N) is 2. The van der Waals surface area contributed by atoms with E-state index in [1.807, 2.05) is 26.2 Å². The average molecular weight is 470 g/mol. The van der Waals surface area contributed by atoms with Gasteiger partial charge in [-0.15, -0.1) is 0 Å². The van der Waals surface area contributed by atoms with E-state index in [-0.39, 0.29) is 0 Å². The Bertz CT molecular complexity index is 1270. The standard InChI is InChI=1S/C29H35N5O/c1-34(2)28-26-9-5-6-10-27(26)32-29(33-28)31-24-14-11-21(12-15-24)20-30-17-18-35-25-16-13-22-7-3-4-8-23(22)19-25/h3-10,13,16,19,21,24,30H,11-12,14-15,17-18,20H2,1-2H3,(H,31,32,33)/t21-,24+. The summed E-state index contributed by atoms with van der Waals surface area (Å²) in [5.74, 6) is 3.34. The van der Waals surface area contributed by atoms with Gasteiger partial charge in [0.1, 0.15) is 18.2 Å². The number of rotatable bonds is 9. The van der Waals surface area contributed by atoms with Crippen LogP contribution in [0.4, 0.5) is 11.8 Å². The topological polar surface area (TPSA) is 62.3 Å². The minimum absolute atomic E-state index is 0.429. The minimum Gasteiger partial charge on any atom is -0.492 e. The first-order valence-electron chi connectivity index (χ1n) is 12.7. The second-order valence-corrected chi connectivity index (χ2v) is 9.71. The van der Waals surface area contributed by atoms with Gasteiger partial charge < -0.3 is 20.3 Å². The molecule has 35 heavy (non-hydrogen) atoms. The Morgan fingerprint density at radius 2 is 1.66 bits per heavy atom. The van der Waals surface area contributed by atoms with Crippen LogP contribution in [-0.2, 0) is 0 Å². The molecule has 1 aliphatic rings. The zero-order valence-electron chi connectivity index (χ0n) is 20.7. The lowest BCUT2D eigenvalue weighted by Gasteiger charge is -2.29. The zero-order chi connectivity index (χ0) is 24.0. The van der Waals surface area contributed by atoms with Crippen molar-refractivity contribution in [1.82, 2.24) is 15.3 Å². The van der Waals surface area contributed by atoms with Crippen molar-refractivity contribution in [2.45, 2.75) is 31.7 Å². The third kappa shape index (κ3) is 5.82. The second kappa shape index (κ2) is 10.9. The molecule has 6 nitrogen and oxygen atoms in total. The number of hydrogen-bond donors (Lipinski definition) is 2. The lowest BCUT2D eigenvalue weighted by atomic mass is 9.86. The van der Waals surface area contributed by atoms with E-state index in [0.29, 0.717) is 18.6 Å². The molecule has 0 aliphatic heterocycles. The number of benzene rings is 3. The molecule has 4 aromatic rings. The fraction of sp³-hybridized carbons (Fsp3) is 0.379. The van der Waals surface area contributed by atoms with Crippen molar-refractivity contribution in [2.75, 3.05) is 44.0 Å². The molecule has 6 heteroatoms. The Morgan fingerprint density at radius 1 is 0.886 bits per heavy atom. The lowest BCUT2D eigenvalue weighted by molar-refractivity contribution is 0.289. The number of aromatic nitrogens is 2. The number of anilines is 2. The van der Waals surface area contributed by atoms with Crippen molar-refractivity contribution in [3.8, 4) is 5.75 Å². The van der Waals surface area contributed by atoms with Gasteiger partial charge >= 0.3 is 0 Å². The fourth-order valence-corrected chi connectivity index (χ4v) is 4.96. The van der Waals surface area contributed by atoms with Gasteiger partial charge in [-0.25, -0.2) is 4.98 Å². The normalized spacial score (nSPS) is 18.0. The van der Waals surface area contributed by atoms with Crippen LogP contribution in [-0.4, -0.2) is 49.8 Å². The molecule has 1 fully saturated rings. The van der Waals surface area contributed by atoms with Crippen molar-refractivity contribution >= 4 is 33.4 Å². The number of ether oxygens (including phenoxy) is 1. The molecule has 2 N–H and O–H groups in total. The molecule has 0 saturated heterocycles. The van der Waals surface area contributed by atoms with Crippen LogP contribution in [0.5, 0.6) is 5.75 Å². The molecule has 3 aromatic carbocycles. The Hall–Kier alpha value is -3.38. The predicted octanol–water partition coefficient (Wildman–Crippen LogP) is 5.49. The quantitative estimate of drug-likeness (QED) is 0.316. The number of fused-ring (bicyclic) bond motifs is 2. The van der Waals surface area contributed by atoms with E-state index in [1.165, 1.54) is 23.6 Å². The van der Waals surface area contributed by atoms with E-state index in [0.717, 1.165) is 54.3 Å². The third-order valence-corrected chi connectivity index (χ3v) is 6.89. The summed E-state index contributed by atoms with van der Waals surface area (Å²) in [5, 5.41) is 10.7. The Balaban J connectivity index is 1.05. The highest BCUT2D eigenvalue weighted by molar-refractivity contribution is 5.90. The van der Waals surface area contributed by atoms with Crippen LogP contribution in [0.1, 0.15) is 25.7 Å². The maximum atomic E-state index is 5.95. The first kappa shape index (κ1) is 23.4. The number of nitrogens with zero attached hydrogens (tertiary/aromatic N) is 3. The van der Waals surface area contributed by atoms with E-state index in [9.17, 15) is 0 Å². The molecule has 1 aromatic heterocycles. The van der Waals surface area contributed by atoms with Crippen LogP contribution in [0.15, 0.2) is 66.7 Å². The fourth-order valence-electron chi connectivity index (χ4n) is 4.96. The Labute approximate surface area is 207 Å². The summed E-state index contributed by atoms with van der Waals surface area (Å²) in [6.45, 7) is 2.59. The van der Waals surface area contributed by atoms with Gasteiger partial charge in [0.2, 0.25) is 5.95 Å². The van der Waals surface area contributed by atoms with Gasteiger partial charge in [0.15, 0.2) is 0 Å². The van der Waals surface area contributed by atoms with E-state index in [4.69, 9.17) is 14.7 Å². The lowest BCUT2D eigenvalue weighted by Crippen LogP contribution is -2.33. The SMILES string of the molecule is CN(C)c1nc(N[C@H]2CC[C@@H](CNCCOc3ccc4ccccc4c3)CC2)nc2ccccc12. The maximum absolute atomic E-state index is 5.95. The molecule has 0 unspecified atom stereocenters. The summed E-state index contributed by atoms with van der Waals surface area (Å²) in [5.41, 5.74) is 0.984. The van der Waals surface area contributed by atoms with Gasteiger partial charge in [0, 0.05) is 32.1 Å². The summed E-state index contributed by atoms with van der Waals surface area (Å²) < 4.78 is 5.95. The molecule has 1 heterocycles. The molecule has 0 amide bonds. The van der Waals surface area contributed by atoms with Crippen molar-refractivity contribution in [3.63, 3.8) is 0 Å². The minimum atomic E-state index is 0.429. The largest absolute Gasteiger partial charge is 0.492 e. The van der Waals surface area contributed by atoms with Crippen molar-refractivity contribution in [2.24, 2.45) is 5.92 Å². The molecule has 0 bridgehead atoms.